The molecule has 0 atom stereocenters. The Bertz CT molecular complexity index is 555. The first-order valence-corrected chi connectivity index (χ1v) is 5.55. The smallest absolute Gasteiger partial charge is 0.328 e. The van der Waals surface area contributed by atoms with Gasteiger partial charge in [0.2, 0.25) is 5.91 Å². The van der Waals surface area contributed by atoms with Gasteiger partial charge in [-0.3, -0.25) is 9.59 Å². The lowest BCUT2D eigenvalue weighted by Crippen LogP contribution is -2.18. The zero-order valence-corrected chi connectivity index (χ0v) is 10.7. The number of amides is 2. The van der Waals surface area contributed by atoms with E-state index in [1.54, 1.807) is 0 Å². The normalized spacial score (nSPS) is 10.2. The Balaban J connectivity index is 2.88. The number of carboxylic acid groups (broad SMARTS) is 1. The molecular formula is C12H11ClN2O4. The molecule has 0 aliphatic rings. The highest BCUT2D eigenvalue weighted by Gasteiger charge is 2.10. The van der Waals surface area contributed by atoms with E-state index in [9.17, 15) is 14.4 Å². The standard InChI is InChI=1S/C12H11ClN2O4/c1-14-12(19)8-6-7(2-3-9(8)13)15-10(16)4-5-11(17)18/h2-6H,1H3,(H,14,19)(H,15,16)(H,17,18)/b5-4+. The maximum Gasteiger partial charge on any atom is 0.328 e. The fourth-order valence-corrected chi connectivity index (χ4v) is 1.45. The van der Waals surface area contributed by atoms with Gasteiger partial charge in [0.15, 0.2) is 0 Å². The number of rotatable bonds is 4. The largest absolute Gasteiger partial charge is 0.478 e. The summed E-state index contributed by atoms with van der Waals surface area (Å²) in [7, 11) is 1.46. The molecule has 1 rings (SSSR count). The Morgan fingerprint density at radius 1 is 1.26 bits per heavy atom. The highest BCUT2D eigenvalue weighted by atomic mass is 35.5. The van der Waals surface area contributed by atoms with Crippen LogP contribution in [0.25, 0.3) is 0 Å². The molecule has 0 radical (unpaired) electrons. The molecule has 0 spiro atoms. The van der Waals surface area contributed by atoms with Crippen molar-refractivity contribution < 1.29 is 19.5 Å². The number of carbonyl (C=O) groups excluding carboxylic acids is 2. The summed E-state index contributed by atoms with van der Waals surface area (Å²) in [6, 6.07) is 4.36. The van der Waals surface area contributed by atoms with Crippen molar-refractivity contribution in [2.24, 2.45) is 0 Å². The molecule has 19 heavy (non-hydrogen) atoms. The lowest BCUT2D eigenvalue weighted by molar-refractivity contribution is -0.131. The molecule has 7 heteroatoms. The van der Waals surface area contributed by atoms with Crippen molar-refractivity contribution >= 4 is 35.1 Å². The first-order chi connectivity index (χ1) is 8.93. The lowest BCUT2D eigenvalue weighted by Gasteiger charge is -2.07. The number of aliphatic carboxylic acids is 1. The van der Waals surface area contributed by atoms with Crippen LogP contribution >= 0.6 is 11.6 Å². The Morgan fingerprint density at radius 3 is 2.53 bits per heavy atom. The number of nitrogens with one attached hydrogen (secondary N) is 2. The molecule has 2 amide bonds. The molecule has 0 unspecified atom stereocenters. The second kappa shape index (κ2) is 6.55. The summed E-state index contributed by atoms with van der Waals surface area (Å²) < 4.78 is 0. The SMILES string of the molecule is CNC(=O)c1cc(NC(=O)/C=C/C(=O)O)ccc1Cl. The van der Waals surface area contributed by atoms with Crippen LogP contribution in [-0.2, 0) is 9.59 Å². The van der Waals surface area contributed by atoms with E-state index in [1.165, 1.54) is 25.2 Å². The summed E-state index contributed by atoms with van der Waals surface area (Å²) in [6.45, 7) is 0. The molecule has 0 fully saturated rings. The van der Waals surface area contributed by atoms with E-state index in [2.05, 4.69) is 10.6 Å². The van der Waals surface area contributed by atoms with Crippen molar-refractivity contribution in [1.82, 2.24) is 5.32 Å². The summed E-state index contributed by atoms with van der Waals surface area (Å²) in [5.41, 5.74) is 0.548. The molecule has 6 nitrogen and oxygen atoms in total. The predicted molar refractivity (Wildman–Crippen MR) is 70.2 cm³/mol. The van der Waals surface area contributed by atoms with E-state index in [0.29, 0.717) is 11.8 Å². The van der Waals surface area contributed by atoms with Crippen LogP contribution in [0.15, 0.2) is 30.4 Å². The number of hydrogen-bond acceptors (Lipinski definition) is 3. The van der Waals surface area contributed by atoms with Gasteiger partial charge in [-0.15, -0.1) is 0 Å². The van der Waals surface area contributed by atoms with E-state index >= 15 is 0 Å². The van der Waals surface area contributed by atoms with Crippen molar-refractivity contribution in [3.05, 3.63) is 40.9 Å². The minimum atomic E-state index is -1.22. The van der Waals surface area contributed by atoms with Crippen LogP contribution in [0.1, 0.15) is 10.4 Å². The van der Waals surface area contributed by atoms with Gasteiger partial charge in [-0.1, -0.05) is 11.6 Å². The highest BCUT2D eigenvalue weighted by molar-refractivity contribution is 6.34. The van der Waals surface area contributed by atoms with Gasteiger partial charge < -0.3 is 15.7 Å². The second-order valence-electron chi connectivity index (χ2n) is 3.43. The van der Waals surface area contributed by atoms with Crippen molar-refractivity contribution in [2.75, 3.05) is 12.4 Å². The molecule has 1 aromatic carbocycles. The average molecular weight is 283 g/mol. The Kier molecular flexibility index (Phi) is 5.08. The summed E-state index contributed by atoms with van der Waals surface area (Å²) in [5.74, 6) is -2.23. The lowest BCUT2D eigenvalue weighted by atomic mass is 10.2. The molecule has 100 valence electrons. The van der Waals surface area contributed by atoms with Crippen molar-refractivity contribution in [3.63, 3.8) is 0 Å². The maximum atomic E-state index is 11.5. The quantitative estimate of drug-likeness (QED) is 0.725. The average Bonchev–Trinajstić information content (AvgIpc) is 2.37. The molecule has 0 saturated carbocycles. The summed E-state index contributed by atoms with van der Waals surface area (Å²) in [5, 5.41) is 13.5. The van der Waals surface area contributed by atoms with Crippen LogP contribution in [0.5, 0.6) is 0 Å². The van der Waals surface area contributed by atoms with Gasteiger partial charge in [-0.25, -0.2) is 4.79 Å². The summed E-state index contributed by atoms with van der Waals surface area (Å²) >= 11 is 5.84. The number of carbonyl (C=O) groups is 3. The minimum Gasteiger partial charge on any atom is -0.478 e. The Morgan fingerprint density at radius 2 is 1.95 bits per heavy atom. The third kappa shape index (κ3) is 4.44. The third-order valence-corrected chi connectivity index (χ3v) is 2.41. The molecule has 1 aromatic rings. The molecule has 0 bridgehead atoms. The van der Waals surface area contributed by atoms with E-state index in [1.807, 2.05) is 0 Å². The fourth-order valence-electron chi connectivity index (χ4n) is 1.24. The van der Waals surface area contributed by atoms with Crippen LogP contribution in [0.3, 0.4) is 0 Å². The van der Waals surface area contributed by atoms with Gasteiger partial charge in [-0.2, -0.15) is 0 Å². The van der Waals surface area contributed by atoms with Crippen molar-refractivity contribution in [2.45, 2.75) is 0 Å². The summed E-state index contributed by atoms with van der Waals surface area (Å²) in [4.78, 5) is 33.1. The molecule has 3 N–H and O–H groups in total. The third-order valence-electron chi connectivity index (χ3n) is 2.08. The van der Waals surface area contributed by atoms with Crippen LogP contribution in [-0.4, -0.2) is 29.9 Å². The van der Waals surface area contributed by atoms with Gasteiger partial charge in [0.25, 0.3) is 5.91 Å². The maximum absolute atomic E-state index is 11.5. The topological polar surface area (TPSA) is 95.5 Å². The molecule has 0 aromatic heterocycles. The molecule has 0 aliphatic carbocycles. The van der Waals surface area contributed by atoms with E-state index in [-0.39, 0.29) is 16.5 Å². The first-order valence-electron chi connectivity index (χ1n) is 5.17. The zero-order chi connectivity index (χ0) is 14.4. The fraction of sp³-hybridized carbons (Fsp3) is 0.0833. The monoisotopic (exact) mass is 282 g/mol. The molecule has 0 saturated heterocycles. The molecule has 0 heterocycles. The van der Waals surface area contributed by atoms with E-state index in [4.69, 9.17) is 16.7 Å². The number of anilines is 1. The molecule has 0 aliphatic heterocycles. The predicted octanol–water partition coefficient (Wildman–Crippen LogP) is 1.28. The van der Waals surface area contributed by atoms with Crippen molar-refractivity contribution in [1.29, 1.82) is 0 Å². The number of benzene rings is 1. The molecular weight excluding hydrogens is 272 g/mol. The van der Waals surface area contributed by atoms with Gasteiger partial charge in [0, 0.05) is 24.9 Å². The van der Waals surface area contributed by atoms with Gasteiger partial charge in [-0.05, 0) is 18.2 Å². The second-order valence-corrected chi connectivity index (χ2v) is 3.84. The first kappa shape index (κ1) is 14.7. The summed E-state index contributed by atoms with van der Waals surface area (Å²) in [6.07, 6.45) is 1.58. The highest BCUT2D eigenvalue weighted by Crippen LogP contribution is 2.20. The number of halogens is 1. The van der Waals surface area contributed by atoms with Crippen LogP contribution in [0.4, 0.5) is 5.69 Å². The van der Waals surface area contributed by atoms with Gasteiger partial charge in [0.05, 0.1) is 10.6 Å². The van der Waals surface area contributed by atoms with Gasteiger partial charge in [0.1, 0.15) is 0 Å². The van der Waals surface area contributed by atoms with E-state index < -0.39 is 11.9 Å². The number of hydrogen-bond donors (Lipinski definition) is 3. The minimum absolute atomic E-state index is 0.212. The van der Waals surface area contributed by atoms with Crippen molar-refractivity contribution in [3.8, 4) is 0 Å². The Labute approximate surface area is 114 Å². The zero-order valence-electron chi connectivity index (χ0n) is 9.94. The van der Waals surface area contributed by atoms with Gasteiger partial charge >= 0.3 is 5.97 Å². The Hall–Kier alpha value is -2.34. The van der Waals surface area contributed by atoms with Crippen LogP contribution < -0.4 is 10.6 Å². The number of carboxylic acids is 1. The van der Waals surface area contributed by atoms with Crippen LogP contribution in [0, 0.1) is 0 Å². The van der Waals surface area contributed by atoms with E-state index in [0.717, 1.165) is 6.08 Å². The van der Waals surface area contributed by atoms with Crippen LogP contribution in [0.2, 0.25) is 5.02 Å².